The van der Waals surface area contributed by atoms with Gasteiger partial charge in [0.15, 0.2) is 17.5 Å². The van der Waals surface area contributed by atoms with E-state index in [1.54, 1.807) is 44.6 Å². The van der Waals surface area contributed by atoms with Crippen LogP contribution in [-0.2, 0) is 16.1 Å². The van der Waals surface area contributed by atoms with Crippen LogP contribution in [0.3, 0.4) is 0 Å². The first-order valence-corrected chi connectivity index (χ1v) is 14.9. The summed E-state index contributed by atoms with van der Waals surface area (Å²) >= 11 is 0. The molecule has 44 heavy (non-hydrogen) atoms. The number of anilines is 1. The normalized spacial score (nSPS) is 14.6. The van der Waals surface area contributed by atoms with Gasteiger partial charge in [0.1, 0.15) is 12.3 Å². The minimum Gasteiger partial charge on any atom is -0.493 e. The maximum atomic E-state index is 14.2. The number of benzene rings is 2. The number of hydrogen-bond acceptors (Lipinski definition) is 8. The van der Waals surface area contributed by atoms with E-state index in [0.29, 0.717) is 40.3 Å². The third-order valence-electron chi connectivity index (χ3n) is 7.71. The maximum Gasteiger partial charge on any atom is 0.251 e. The van der Waals surface area contributed by atoms with Crippen molar-refractivity contribution in [3.63, 3.8) is 0 Å². The first-order chi connectivity index (χ1) is 21.2. The number of carbonyl (C=O) groups is 2. The first-order valence-electron chi connectivity index (χ1n) is 14.9. The number of ether oxygens (including phenoxy) is 2. The molecule has 1 aliphatic rings. The summed E-state index contributed by atoms with van der Waals surface area (Å²) < 4.78 is 16.4. The van der Waals surface area contributed by atoms with Gasteiger partial charge in [-0.1, -0.05) is 31.4 Å². The van der Waals surface area contributed by atoms with Crippen molar-refractivity contribution in [1.82, 2.24) is 25.5 Å². The highest BCUT2D eigenvalue weighted by atomic mass is 16.5. The molecule has 2 aromatic heterocycles. The lowest BCUT2D eigenvalue weighted by atomic mass is 9.84. The summed E-state index contributed by atoms with van der Waals surface area (Å²) in [6, 6.07) is 15.6. The van der Waals surface area contributed by atoms with Crippen molar-refractivity contribution in [3.05, 3.63) is 72.2 Å². The number of aromatic nitrogens is 4. The molecule has 0 bridgehead atoms. The molecule has 2 aromatic carbocycles. The van der Waals surface area contributed by atoms with Gasteiger partial charge in [-0.05, 0) is 92.8 Å². The highest BCUT2D eigenvalue weighted by Gasteiger charge is 2.37. The zero-order valence-corrected chi connectivity index (χ0v) is 25.9. The van der Waals surface area contributed by atoms with Crippen LogP contribution in [0.2, 0.25) is 0 Å². The average Bonchev–Trinajstić information content (AvgIpc) is 3.72. The third kappa shape index (κ3) is 7.10. The Morgan fingerprint density at radius 1 is 1.02 bits per heavy atom. The summed E-state index contributed by atoms with van der Waals surface area (Å²) in [6.07, 6.45) is 7.53. The lowest BCUT2D eigenvalue weighted by Crippen LogP contribution is -2.50. The first kappa shape index (κ1) is 30.8. The molecule has 0 unspecified atom stereocenters. The second kappa shape index (κ2) is 13.3. The average molecular weight is 601 g/mol. The topological polar surface area (TPSA) is 125 Å². The van der Waals surface area contributed by atoms with E-state index in [9.17, 15) is 9.59 Å². The summed E-state index contributed by atoms with van der Waals surface area (Å²) in [5.74, 6) is 1.48. The largest absolute Gasteiger partial charge is 0.493 e. The summed E-state index contributed by atoms with van der Waals surface area (Å²) in [6.45, 7) is 5.42. The van der Waals surface area contributed by atoms with E-state index < -0.39 is 17.5 Å². The van der Waals surface area contributed by atoms with Crippen LogP contribution in [0.5, 0.6) is 11.5 Å². The van der Waals surface area contributed by atoms with Gasteiger partial charge in [-0.2, -0.15) is 4.80 Å². The Kier molecular flexibility index (Phi) is 9.32. The number of nitrogens with one attached hydrogen (secondary N) is 1. The molecule has 11 nitrogen and oxygen atoms in total. The van der Waals surface area contributed by atoms with Crippen LogP contribution in [0.15, 0.2) is 65.3 Å². The molecule has 2 amide bonds. The van der Waals surface area contributed by atoms with E-state index in [4.69, 9.17) is 13.9 Å². The predicted molar refractivity (Wildman–Crippen MR) is 165 cm³/mol. The molecule has 0 saturated heterocycles. The highest BCUT2D eigenvalue weighted by Crippen LogP contribution is 2.35. The standard InChI is InChI=1S/C33H40N6O5/c1-33(2,3)34-32(41)30(27-12-9-19-44-27)39(25-16-13-23(14-17-25)22-10-7-6-8-11-22)29(40)21-38-36-31(35-37-38)24-15-18-26(42-4)28(20-24)43-5/h9,12-20,22,30H,6-8,10-11,21H2,1-5H3,(H,34,41)/t30-/m0/s1. The smallest absolute Gasteiger partial charge is 0.251 e. The van der Waals surface area contributed by atoms with Crippen molar-refractivity contribution in [1.29, 1.82) is 0 Å². The Balaban J connectivity index is 1.48. The number of methoxy groups -OCH3 is 2. The lowest BCUT2D eigenvalue weighted by molar-refractivity contribution is -0.128. The second-order valence-corrected chi connectivity index (χ2v) is 12.1. The lowest BCUT2D eigenvalue weighted by Gasteiger charge is -2.32. The number of rotatable bonds is 10. The van der Waals surface area contributed by atoms with Crippen LogP contribution in [0.1, 0.15) is 76.2 Å². The predicted octanol–water partition coefficient (Wildman–Crippen LogP) is 5.69. The molecule has 0 spiro atoms. The van der Waals surface area contributed by atoms with Crippen LogP contribution < -0.4 is 19.7 Å². The van der Waals surface area contributed by atoms with E-state index in [2.05, 4.69) is 32.9 Å². The van der Waals surface area contributed by atoms with Gasteiger partial charge in [-0.3, -0.25) is 14.5 Å². The van der Waals surface area contributed by atoms with Gasteiger partial charge < -0.3 is 19.2 Å². The highest BCUT2D eigenvalue weighted by molar-refractivity contribution is 6.01. The molecule has 232 valence electrons. The fraction of sp³-hybridized carbons (Fsp3) is 0.424. The zero-order chi connectivity index (χ0) is 31.3. The van der Waals surface area contributed by atoms with E-state index in [1.165, 1.54) is 40.8 Å². The van der Waals surface area contributed by atoms with Gasteiger partial charge in [-0.25, -0.2) is 0 Å². The SMILES string of the molecule is COc1ccc(-c2nnn(CC(=O)N(c3ccc(C4CCCCC4)cc3)[C@H](C(=O)NC(C)(C)C)c3ccco3)n2)cc1OC. The number of carbonyl (C=O) groups excluding carboxylic acids is 2. The minimum absolute atomic E-state index is 0.259. The van der Waals surface area contributed by atoms with Gasteiger partial charge in [0.2, 0.25) is 5.82 Å². The third-order valence-corrected chi connectivity index (χ3v) is 7.71. The Bertz CT molecular complexity index is 1550. The molecular weight excluding hydrogens is 560 g/mol. The molecule has 1 atom stereocenters. The van der Waals surface area contributed by atoms with Gasteiger partial charge in [0.25, 0.3) is 11.8 Å². The molecule has 1 aliphatic carbocycles. The molecule has 1 fully saturated rings. The fourth-order valence-electron chi connectivity index (χ4n) is 5.64. The van der Waals surface area contributed by atoms with Crippen molar-refractivity contribution < 1.29 is 23.5 Å². The van der Waals surface area contributed by atoms with E-state index >= 15 is 0 Å². The molecule has 2 heterocycles. The molecular formula is C33H40N6O5. The fourth-order valence-corrected chi connectivity index (χ4v) is 5.64. The second-order valence-electron chi connectivity index (χ2n) is 12.1. The van der Waals surface area contributed by atoms with Crippen molar-refractivity contribution in [2.45, 2.75) is 76.9 Å². The van der Waals surface area contributed by atoms with E-state index in [-0.39, 0.29) is 12.5 Å². The molecule has 4 aromatic rings. The van der Waals surface area contributed by atoms with Gasteiger partial charge in [0.05, 0.1) is 20.5 Å². The van der Waals surface area contributed by atoms with Crippen molar-refractivity contribution in [2.75, 3.05) is 19.1 Å². The summed E-state index contributed by atoms with van der Waals surface area (Å²) in [7, 11) is 3.11. The van der Waals surface area contributed by atoms with Crippen LogP contribution >= 0.6 is 0 Å². The number of tetrazole rings is 1. The van der Waals surface area contributed by atoms with Crippen LogP contribution in [0, 0.1) is 0 Å². The Morgan fingerprint density at radius 3 is 2.39 bits per heavy atom. The number of amides is 2. The maximum absolute atomic E-state index is 14.2. The Labute approximate surface area is 257 Å². The monoisotopic (exact) mass is 600 g/mol. The van der Waals surface area contributed by atoms with Crippen LogP contribution in [-0.4, -0.2) is 51.8 Å². The number of hydrogen-bond donors (Lipinski definition) is 1. The molecule has 5 rings (SSSR count). The van der Waals surface area contributed by atoms with E-state index in [0.717, 1.165) is 12.8 Å². The van der Waals surface area contributed by atoms with E-state index in [1.807, 2.05) is 32.9 Å². The molecule has 0 radical (unpaired) electrons. The quantitative estimate of drug-likeness (QED) is 0.246. The molecule has 1 saturated carbocycles. The Morgan fingerprint density at radius 2 is 1.75 bits per heavy atom. The molecule has 1 N–H and O–H groups in total. The van der Waals surface area contributed by atoms with Crippen LogP contribution in [0.25, 0.3) is 11.4 Å². The van der Waals surface area contributed by atoms with Crippen molar-refractivity contribution in [3.8, 4) is 22.9 Å². The number of nitrogens with zero attached hydrogens (tertiary/aromatic N) is 5. The van der Waals surface area contributed by atoms with Gasteiger partial charge in [0, 0.05) is 16.8 Å². The van der Waals surface area contributed by atoms with Gasteiger partial charge in [-0.15, -0.1) is 10.2 Å². The number of furan rings is 1. The molecule has 0 aliphatic heterocycles. The van der Waals surface area contributed by atoms with Crippen molar-refractivity contribution in [2.24, 2.45) is 0 Å². The molecule has 11 heteroatoms. The summed E-state index contributed by atoms with van der Waals surface area (Å²) in [4.78, 5) is 30.7. The minimum atomic E-state index is -1.06. The zero-order valence-electron chi connectivity index (χ0n) is 25.9. The Hall–Kier alpha value is -4.67. The summed E-state index contributed by atoms with van der Waals surface area (Å²) in [5, 5.41) is 15.8. The summed E-state index contributed by atoms with van der Waals surface area (Å²) in [5.41, 5.74) is 1.92. The van der Waals surface area contributed by atoms with Gasteiger partial charge >= 0.3 is 0 Å². The van der Waals surface area contributed by atoms with Crippen LogP contribution in [0.4, 0.5) is 5.69 Å². The van der Waals surface area contributed by atoms with Crippen molar-refractivity contribution >= 4 is 17.5 Å².